The highest BCUT2D eigenvalue weighted by Gasteiger charge is 2.28. The highest BCUT2D eigenvalue weighted by atomic mass is 15.2. The van der Waals surface area contributed by atoms with Crippen LogP contribution in [-0.2, 0) is 0 Å². The van der Waals surface area contributed by atoms with Crippen LogP contribution in [0.4, 0.5) is 0 Å². The SMILES string of the molecule is C=CN=C(N=CC)n1c2cccc3c2c2c4c(cccc4ccc21)-c1c-3c2ccccc2c2ccccc12. The molecular formula is C35H23N3. The maximum absolute atomic E-state index is 4.66. The van der Waals surface area contributed by atoms with Gasteiger partial charge in [0.2, 0.25) is 5.96 Å². The second kappa shape index (κ2) is 7.74. The van der Waals surface area contributed by atoms with Crippen molar-refractivity contribution in [3.63, 3.8) is 0 Å². The Morgan fingerprint density at radius 3 is 1.89 bits per heavy atom. The van der Waals surface area contributed by atoms with Crippen molar-refractivity contribution in [3.05, 3.63) is 110 Å². The van der Waals surface area contributed by atoms with Gasteiger partial charge in [0.15, 0.2) is 0 Å². The van der Waals surface area contributed by atoms with Crippen molar-refractivity contribution in [2.45, 2.75) is 6.92 Å². The molecule has 0 radical (unpaired) electrons. The highest BCUT2D eigenvalue weighted by Crippen LogP contribution is 2.53. The monoisotopic (exact) mass is 485 g/mol. The third-order valence-corrected chi connectivity index (χ3v) is 7.92. The summed E-state index contributed by atoms with van der Waals surface area (Å²) in [5.41, 5.74) is 7.29. The molecule has 0 atom stereocenters. The first-order valence-corrected chi connectivity index (χ1v) is 12.9. The van der Waals surface area contributed by atoms with Gasteiger partial charge in [0.25, 0.3) is 0 Å². The molecule has 0 fully saturated rings. The van der Waals surface area contributed by atoms with Gasteiger partial charge in [-0.15, -0.1) is 0 Å². The van der Waals surface area contributed by atoms with Gasteiger partial charge in [-0.2, -0.15) is 0 Å². The Morgan fingerprint density at radius 2 is 1.24 bits per heavy atom. The Hall–Kier alpha value is -5.02. The molecule has 0 aliphatic heterocycles. The second-order valence-electron chi connectivity index (χ2n) is 9.74. The summed E-state index contributed by atoms with van der Waals surface area (Å²) >= 11 is 0. The third-order valence-electron chi connectivity index (χ3n) is 7.92. The van der Waals surface area contributed by atoms with Gasteiger partial charge in [0, 0.05) is 23.2 Å². The van der Waals surface area contributed by atoms with Gasteiger partial charge in [-0.3, -0.25) is 4.57 Å². The summed E-state index contributed by atoms with van der Waals surface area (Å²) in [5, 5.41) is 10.1. The molecule has 0 N–H and O–H groups in total. The number of aromatic nitrogens is 1. The minimum absolute atomic E-state index is 0.612. The fourth-order valence-corrected chi connectivity index (χ4v) is 6.61. The van der Waals surface area contributed by atoms with Crippen molar-refractivity contribution in [2.75, 3.05) is 0 Å². The predicted octanol–water partition coefficient (Wildman–Crippen LogP) is 9.34. The van der Waals surface area contributed by atoms with Gasteiger partial charge in [-0.25, -0.2) is 9.98 Å². The largest absolute Gasteiger partial charge is 0.278 e. The van der Waals surface area contributed by atoms with E-state index in [2.05, 4.69) is 118 Å². The van der Waals surface area contributed by atoms with Crippen LogP contribution < -0.4 is 0 Å². The van der Waals surface area contributed by atoms with Crippen molar-refractivity contribution >= 4 is 66.3 Å². The molecule has 0 spiro atoms. The lowest BCUT2D eigenvalue weighted by Crippen LogP contribution is -2.08. The fraction of sp³-hybridized carbons (Fsp3) is 0.0286. The maximum atomic E-state index is 4.66. The van der Waals surface area contributed by atoms with Gasteiger partial charge >= 0.3 is 0 Å². The number of nitrogens with zero attached hydrogens (tertiary/aromatic N) is 3. The molecule has 1 heterocycles. The summed E-state index contributed by atoms with van der Waals surface area (Å²) in [4.78, 5) is 9.25. The molecule has 178 valence electrons. The molecule has 0 amide bonds. The van der Waals surface area contributed by atoms with E-state index in [9.17, 15) is 0 Å². The quantitative estimate of drug-likeness (QED) is 0.126. The number of hydrogen-bond donors (Lipinski definition) is 0. The van der Waals surface area contributed by atoms with Crippen LogP contribution in [0, 0.1) is 0 Å². The summed E-state index contributed by atoms with van der Waals surface area (Å²) in [6.07, 6.45) is 3.36. The molecule has 7 aromatic rings. The maximum Gasteiger partial charge on any atom is 0.234 e. The molecule has 0 saturated heterocycles. The van der Waals surface area contributed by atoms with Crippen LogP contribution >= 0.6 is 0 Å². The zero-order chi connectivity index (χ0) is 25.4. The molecule has 8 rings (SSSR count). The smallest absolute Gasteiger partial charge is 0.234 e. The zero-order valence-corrected chi connectivity index (χ0v) is 20.9. The molecule has 3 heteroatoms. The highest BCUT2D eigenvalue weighted by molar-refractivity contribution is 6.36. The van der Waals surface area contributed by atoms with Crippen LogP contribution in [0.3, 0.4) is 0 Å². The van der Waals surface area contributed by atoms with Crippen molar-refractivity contribution < 1.29 is 0 Å². The van der Waals surface area contributed by atoms with Gasteiger partial charge in [-0.05, 0) is 73.6 Å². The van der Waals surface area contributed by atoms with Crippen LogP contribution in [0.1, 0.15) is 6.92 Å². The van der Waals surface area contributed by atoms with Crippen LogP contribution in [-0.4, -0.2) is 16.7 Å². The molecule has 0 bridgehead atoms. The molecule has 1 aliphatic rings. The Balaban J connectivity index is 1.73. The Labute approximate surface area is 219 Å². The molecule has 3 nitrogen and oxygen atoms in total. The summed E-state index contributed by atoms with van der Waals surface area (Å²) in [6, 6.07) is 35.4. The van der Waals surface area contributed by atoms with Crippen LogP contribution in [0.2, 0.25) is 0 Å². The minimum atomic E-state index is 0.612. The summed E-state index contributed by atoms with van der Waals surface area (Å²) in [7, 11) is 0. The number of aliphatic imine (C=N–C) groups is 2. The summed E-state index contributed by atoms with van der Waals surface area (Å²) < 4.78 is 2.18. The Bertz CT molecular complexity index is 2210. The van der Waals surface area contributed by atoms with Crippen molar-refractivity contribution in [1.29, 1.82) is 0 Å². The van der Waals surface area contributed by atoms with Crippen LogP contribution in [0.5, 0.6) is 0 Å². The second-order valence-corrected chi connectivity index (χ2v) is 9.74. The van der Waals surface area contributed by atoms with Gasteiger partial charge in [0.1, 0.15) is 0 Å². The van der Waals surface area contributed by atoms with E-state index in [-0.39, 0.29) is 0 Å². The lowest BCUT2D eigenvalue weighted by molar-refractivity contribution is 1.22. The number of fused-ring (bicyclic) bond motifs is 8. The Kier molecular flexibility index (Phi) is 4.30. The first-order chi connectivity index (χ1) is 18.8. The molecule has 0 unspecified atom stereocenters. The zero-order valence-electron chi connectivity index (χ0n) is 20.9. The van der Waals surface area contributed by atoms with E-state index in [1.807, 2.05) is 6.92 Å². The van der Waals surface area contributed by atoms with Gasteiger partial charge in [-0.1, -0.05) is 91.5 Å². The third kappa shape index (κ3) is 2.58. The number of hydrogen-bond acceptors (Lipinski definition) is 1. The summed E-state index contributed by atoms with van der Waals surface area (Å²) in [6.45, 7) is 5.78. The Morgan fingerprint density at radius 1 is 0.632 bits per heavy atom. The van der Waals surface area contributed by atoms with E-state index in [0.717, 1.165) is 11.0 Å². The molecular weight excluding hydrogens is 462 g/mol. The van der Waals surface area contributed by atoms with Crippen molar-refractivity contribution in [3.8, 4) is 22.3 Å². The van der Waals surface area contributed by atoms with Gasteiger partial charge < -0.3 is 0 Å². The molecule has 6 aromatic carbocycles. The number of rotatable bonds is 1. The van der Waals surface area contributed by atoms with Crippen molar-refractivity contribution in [1.82, 2.24) is 4.57 Å². The lowest BCUT2D eigenvalue weighted by Gasteiger charge is -2.19. The first kappa shape index (κ1) is 21.1. The average Bonchev–Trinajstić information content (AvgIpc) is 3.23. The average molecular weight is 486 g/mol. The first-order valence-electron chi connectivity index (χ1n) is 12.9. The molecule has 38 heavy (non-hydrogen) atoms. The fourth-order valence-electron chi connectivity index (χ4n) is 6.61. The van der Waals surface area contributed by atoms with E-state index in [1.54, 1.807) is 12.4 Å². The van der Waals surface area contributed by atoms with E-state index in [4.69, 9.17) is 0 Å². The van der Waals surface area contributed by atoms with E-state index in [0.29, 0.717) is 5.96 Å². The van der Waals surface area contributed by atoms with E-state index in [1.165, 1.54) is 65.3 Å². The lowest BCUT2D eigenvalue weighted by atomic mass is 9.84. The van der Waals surface area contributed by atoms with Crippen molar-refractivity contribution in [2.24, 2.45) is 9.98 Å². The van der Waals surface area contributed by atoms with E-state index >= 15 is 0 Å². The standard InChI is InChI=1S/C35H23N3/c1-3-36-35(37-4-2)38-28-18-10-17-27-32-25-15-8-6-13-23(25)22-12-5-7-14-24(22)31(32)26-16-9-11-21-19-20-29(38)34(30(21)26)33(27)28/h3-20H,1H2,2H3. The molecule has 1 aromatic heterocycles. The molecule has 1 aliphatic carbocycles. The minimum Gasteiger partial charge on any atom is -0.278 e. The predicted molar refractivity (Wildman–Crippen MR) is 164 cm³/mol. The number of benzene rings is 6. The summed E-state index contributed by atoms with van der Waals surface area (Å²) in [5.74, 6) is 0.612. The topological polar surface area (TPSA) is 29.6 Å². The van der Waals surface area contributed by atoms with Crippen LogP contribution in [0.15, 0.2) is 120 Å². The molecule has 0 saturated carbocycles. The van der Waals surface area contributed by atoms with E-state index < -0.39 is 0 Å². The van der Waals surface area contributed by atoms with Crippen LogP contribution in [0.25, 0.3) is 76.4 Å². The van der Waals surface area contributed by atoms with Gasteiger partial charge in [0.05, 0.1) is 11.0 Å². The normalized spacial score (nSPS) is 13.0.